The summed E-state index contributed by atoms with van der Waals surface area (Å²) in [6.45, 7) is 0. The Bertz CT molecular complexity index is 600. The van der Waals surface area contributed by atoms with Gasteiger partial charge in [0.2, 0.25) is 0 Å². The second-order valence-corrected chi connectivity index (χ2v) is 4.12. The molecule has 0 aliphatic heterocycles. The Kier molecular flexibility index (Phi) is 3.98. The molecule has 19 heavy (non-hydrogen) atoms. The number of hydrogen-bond donors (Lipinski definition) is 1. The molecule has 2 N–H and O–H groups in total. The predicted octanol–water partition coefficient (Wildman–Crippen LogP) is 3.23. The molecule has 0 saturated heterocycles. The molecule has 0 aliphatic carbocycles. The Labute approximate surface area is 112 Å². The first-order valence-electron chi connectivity index (χ1n) is 5.91. The highest BCUT2D eigenvalue weighted by Crippen LogP contribution is 2.12. The maximum Gasteiger partial charge on any atom is 0.337 e. The van der Waals surface area contributed by atoms with Crippen molar-refractivity contribution in [3.63, 3.8) is 0 Å². The lowest BCUT2D eigenvalue weighted by Gasteiger charge is -1.99. The Morgan fingerprint density at radius 3 is 2.37 bits per heavy atom. The highest BCUT2D eigenvalue weighted by molar-refractivity contribution is 5.89. The topological polar surface area (TPSA) is 52.3 Å². The van der Waals surface area contributed by atoms with Crippen LogP contribution in [0, 0.1) is 0 Å². The van der Waals surface area contributed by atoms with E-state index >= 15 is 0 Å². The molecule has 3 heteroatoms. The Morgan fingerprint density at radius 2 is 1.74 bits per heavy atom. The average Bonchev–Trinajstić information content (AvgIpc) is 2.45. The van der Waals surface area contributed by atoms with Crippen molar-refractivity contribution in [1.82, 2.24) is 0 Å². The minimum atomic E-state index is -0.327. The second kappa shape index (κ2) is 5.87. The Hall–Kier alpha value is -2.55. The number of carbonyl (C=O) groups excluding carboxylic acids is 1. The second-order valence-electron chi connectivity index (χ2n) is 4.12. The van der Waals surface area contributed by atoms with E-state index in [-0.39, 0.29) is 5.97 Å². The average molecular weight is 253 g/mol. The summed E-state index contributed by atoms with van der Waals surface area (Å²) < 4.78 is 4.65. The zero-order valence-electron chi connectivity index (χ0n) is 10.7. The molecule has 2 aromatic carbocycles. The van der Waals surface area contributed by atoms with Crippen molar-refractivity contribution in [2.45, 2.75) is 0 Å². The molecule has 3 nitrogen and oxygen atoms in total. The largest absolute Gasteiger partial charge is 0.465 e. The quantitative estimate of drug-likeness (QED) is 0.519. The fraction of sp³-hybridized carbons (Fsp3) is 0.0625. The molecule has 2 aromatic rings. The van der Waals surface area contributed by atoms with Crippen molar-refractivity contribution in [2.75, 3.05) is 12.8 Å². The first-order chi connectivity index (χ1) is 9.19. The number of carbonyl (C=O) groups is 1. The number of nitrogen functional groups attached to an aromatic ring is 1. The van der Waals surface area contributed by atoms with Crippen molar-refractivity contribution in [1.29, 1.82) is 0 Å². The highest BCUT2D eigenvalue weighted by Gasteiger charge is 2.02. The maximum absolute atomic E-state index is 11.3. The number of anilines is 1. The third-order valence-corrected chi connectivity index (χ3v) is 2.71. The molecule has 96 valence electrons. The lowest BCUT2D eigenvalue weighted by molar-refractivity contribution is 0.0601. The first kappa shape index (κ1) is 12.9. The van der Waals surface area contributed by atoms with E-state index in [1.54, 1.807) is 12.1 Å². The molecule has 0 amide bonds. The van der Waals surface area contributed by atoms with E-state index in [0.29, 0.717) is 5.56 Å². The lowest BCUT2D eigenvalue weighted by atomic mass is 10.1. The molecule has 0 heterocycles. The first-order valence-corrected chi connectivity index (χ1v) is 5.91. The van der Waals surface area contributed by atoms with Gasteiger partial charge in [0.25, 0.3) is 0 Å². The van der Waals surface area contributed by atoms with Crippen molar-refractivity contribution in [3.8, 4) is 0 Å². The van der Waals surface area contributed by atoms with E-state index in [1.165, 1.54) is 7.11 Å². The molecule has 0 saturated carbocycles. The summed E-state index contributed by atoms with van der Waals surface area (Å²) in [6, 6.07) is 14.9. The number of rotatable bonds is 3. The van der Waals surface area contributed by atoms with Gasteiger partial charge in [0.1, 0.15) is 0 Å². The van der Waals surface area contributed by atoms with Crippen LogP contribution in [-0.2, 0) is 4.74 Å². The van der Waals surface area contributed by atoms with E-state index in [1.807, 2.05) is 48.6 Å². The van der Waals surface area contributed by atoms with E-state index in [4.69, 9.17) is 5.73 Å². The van der Waals surface area contributed by atoms with Crippen LogP contribution in [0.3, 0.4) is 0 Å². The summed E-state index contributed by atoms with van der Waals surface area (Å²) in [5.41, 5.74) is 9.04. The molecule has 0 radical (unpaired) electrons. The van der Waals surface area contributed by atoms with Crippen LogP contribution >= 0.6 is 0 Å². The summed E-state index contributed by atoms with van der Waals surface area (Å²) in [6.07, 6.45) is 3.94. The van der Waals surface area contributed by atoms with Crippen molar-refractivity contribution < 1.29 is 9.53 Å². The number of hydrogen-bond acceptors (Lipinski definition) is 3. The van der Waals surface area contributed by atoms with Gasteiger partial charge in [-0.05, 0) is 35.4 Å². The molecule has 0 atom stereocenters. The van der Waals surface area contributed by atoms with E-state index in [0.717, 1.165) is 16.8 Å². The summed E-state index contributed by atoms with van der Waals surface area (Å²) in [5, 5.41) is 0. The summed E-state index contributed by atoms with van der Waals surface area (Å²) in [4.78, 5) is 11.3. The van der Waals surface area contributed by atoms with Crippen LogP contribution in [0.4, 0.5) is 5.69 Å². The Morgan fingerprint density at radius 1 is 1.05 bits per heavy atom. The molecule has 0 spiro atoms. The molecule has 2 rings (SSSR count). The van der Waals surface area contributed by atoms with Crippen LogP contribution in [0.2, 0.25) is 0 Å². The van der Waals surface area contributed by atoms with Crippen LogP contribution in [0.5, 0.6) is 0 Å². The zero-order valence-corrected chi connectivity index (χ0v) is 10.7. The number of benzene rings is 2. The maximum atomic E-state index is 11.3. The van der Waals surface area contributed by atoms with Gasteiger partial charge in [0.05, 0.1) is 12.7 Å². The number of ether oxygens (including phenoxy) is 1. The Balaban J connectivity index is 2.13. The minimum Gasteiger partial charge on any atom is -0.465 e. The van der Waals surface area contributed by atoms with Gasteiger partial charge < -0.3 is 10.5 Å². The van der Waals surface area contributed by atoms with Crippen LogP contribution in [0.1, 0.15) is 21.5 Å². The van der Waals surface area contributed by atoms with Crippen LogP contribution in [0.25, 0.3) is 12.2 Å². The molecular formula is C16H15NO2. The van der Waals surface area contributed by atoms with Crippen molar-refractivity contribution in [3.05, 3.63) is 65.2 Å². The van der Waals surface area contributed by atoms with Crippen LogP contribution < -0.4 is 5.73 Å². The monoisotopic (exact) mass is 253 g/mol. The van der Waals surface area contributed by atoms with E-state index < -0.39 is 0 Å². The molecule has 0 unspecified atom stereocenters. The third kappa shape index (κ3) is 3.45. The fourth-order valence-corrected chi connectivity index (χ4v) is 1.70. The smallest absolute Gasteiger partial charge is 0.337 e. The van der Waals surface area contributed by atoms with Crippen LogP contribution in [0.15, 0.2) is 48.5 Å². The molecule has 0 fully saturated rings. The third-order valence-electron chi connectivity index (χ3n) is 2.71. The van der Waals surface area contributed by atoms with Gasteiger partial charge in [0, 0.05) is 5.69 Å². The van der Waals surface area contributed by atoms with Gasteiger partial charge in [0.15, 0.2) is 0 Å². The lowest BCUT2D eigenvalue weighted by Crippen LogP contribution is -2.00. The highest BCUT2D eigenvalue weighted by atomic mass is 16.5. The normalized spacial score (nSPS) is 10.6. The van der Waals surface area contributed by atoms with E-state index in [9.17, 15) is 4.79 Å². The van der Waals surface area contributed by atoms with Crippen molar-refractivity contribution in [2.24, 2.45) is 0 Å². The van der Waals surface area contributed by atoms with Crippen molar-refractivity contribution >= 4 is 23.8 Å². The number of esters is 1. The zero-order chi connectivity index (χ0) is 13.7. The van der Waals surface area contributed by atoms with Gasteiger partial charge >= 0.3 is 5.97 Å². The summed E-state index contributed by atoms with van der Waals surface area (Å²) in [5.74, 6) is -0.327. The number of nitrogens with two attached hydrogens (primary N) is 1. The minimum absolute atomic E-state index is 0.327. The molecule has 0 aliphatic rings. The predicted molar refractivity (Wildman–Crippen MR) is 77.6 cm³/mol. The van der Waals surface area contributed by atoms with Gasteiger partial charge in [-0.15, -0.1) is 0 Å². The molecular weight excluding hydrogens is 238 g/mol. The van der Waals surface area contributed by atoms with Gasteiger partial charge in [-0.3, -0.25) is 0 Å². The van der Waals surface area contributed by atoms with Gasteiger partial charge in [-0.2, -0.15) is 0 Å². The standard InChI is InChI=1S/C16H15NO2/c1-19-16(18)14-9-7-12(8-10-14)5-6-13-3-2-4-15(17)11-13/h2-11H,17H2,1H3. The summed E-state index contributed by atoms with van der Waals surface area (Å²) in [7, 11) is 1.37. The number of methoxy groups -OCH3 is 1. The fourth-order valence-electron chi connectivity index (χ4n) is 1.70. The van der Waals surface area contributed by atoms with Gasteiger partial charge in [-0.1, -0.05) is 36.4 Å². The van der Waals surface area contributed by atoms with Gasteiger partial charge in [-0.25, -0.2) is 4.79 Å². The SMILES string of the molecule is COC(=O)c1ccc(C=Cc2cccc(N)c2)cc1. The van der Waals surface area contributed by atoms with E-state index in [2.05, 4.69) is 4.74 Å². The molecule has 0 bridgehead atoms. The van der Waals surface area contributed by atoms with Crippen LogP contribution in [-0.4, -0.2) is 13.1 Å². The molecule has 0 aromatic heterocycles. The summed E-state index contributed by atoms with van der Waals surface area (Å²) >= 11 is 0.